The molecule has 1 aromatic carbocycles. The maximum absolute atomic E-state index is 11.2. The highest BCUT2D eigenvalue weighted by Crippen LogP contribution is 2.29. The Hall–Kier alpha value is -2.08. The zero-order valence-electron chi connectivity index (χ0n) is 10.9. The fraction of sp³-hybridized carbons (Fsp3) is 0.231. The lowest BCUT2D eigenvalue weighted by Crippen LogP contribution is -2.11. The van der Waals surface area contributed by atoms with Gasteiger partial charge in [-0.1, -0.05) is 6.92 Å². The van der Waals surface area contributed by atoms with Gasteiger partial charge in [0.2, 0.25) is 5.91 Å². The first-order chi connectivity index (χ1) is 9.01. The molecule has 0 aliphatic rings. The van der Waals surface area contributed by atoms with Crippen LogP contribution in [0.2, 0.25) is 0 Å². The first kappa shape index (κ1) is 13.4. The molecule has 0 atom stereocenters. The average molecular weight is 276 g/mol. The summed E-state index contributed by atoms with van der Waals surface area (Å²) in [5, 5.41) is 3.90. The number of hydrogen-bond donors (Lipinski definition) is 3. The molecule has 2 aromatic rings. The van der Waals surface area contributed by atoms with Crippen LogP contribution in [-0.4, -0.2) is 10.9 Å². The van der Waals surface area contributed by atoms with Crippen molar-refractivity contribution in [1.82, 2.24) is 4.98 Å². The molecule has 0 unspecified atom stereocenters. The minimum atomic E-state index is -0.479. The van der Waals surface area contributed by atoms with E-state index in [9.17, 15) is 4.79 Å². The molecule has 0 spiro atoms. The first-order valence-electron chi connectivity index (χ1n) is 5.94. The highest BCUT2D eigenvalue weighted by Gasteiger charge is 2.09. The Kier molecular flexibility index (Phi) is 3.71. The van der Waals surface area contributed by atoms with E-state index in [0.29, 0.717) is 16.9 Å². The number of anilines is 3. The van der Waals surface area contributed by atoms with E-state index < -0.39 is 5.91 Å². The minimum Gasteiger partial charge on any atom is -0.397 e. The molecule has 2 rings (SSSR count). The standard InChI is InChI=1S/C13H16N4OS/c1-3-10-7(2)19-13(16-10)17-11-6-8(12(15)18)4-5-9(11)14/h4-6H,3,14H2,1-2H3,(H2,15,18)(H,16,17). The number of benzene rings is 1. The third kappa shape index (κ3) is 2.85. The van der Waals surface area contributed by atoms with Crippen molar-refractivity contribution in [3.63, 3.8) is 0 Å². The number of amides is 1. The number of nitrogens with one attached hydrogen (secondary N) is 1. The van der Waals surface area contributed by atoms with Crippen molar-refractivity contribution in [3.8, 4) is 0 Å². The molecule has 5 nitrogen and oxygen atoms in total. The van der Waals surface area contributed by atoms with Gasteiger partial charge in [0.25, 0.3) is 0 Å². The van der Waals surface area contributed by atoms with Crippen molar-refractivity contribution >= 4 is 33.8 Å². The van der Waals surface area contributed by atoms with Gasteiger partial charge in [0.05, 0.1) is 17.1 Å². The SMILES string of the molecule is CCc1nc(Nc2cc(C(N)=O)ccc2N)sc1C. The first-order valence-corrected chi connectivity index (χ1v) is 6.75. The predicted molar refractivity (Wildman–Crippen MR) is 78.9 cm³/mol. The second-order valence-corrected chi connectivity index (χ2v) is 5.37. The van der Waals surface area contributed by atoms with Crippen molar-refractivity contribution in [2.75, 3.05) is 11.1 Å². The molecule has 0 radical (unpaired) electrons. The maximum atomic E-state index is 11.2. The monoisotopic (exact) mass is 276 g/mol. The second kappa shape index (κ2) is 5.27. The van der Waals surface area contributed by atoms with Crippen molar-refractivity contribution in [2.45, 2.75) is 20.3 Å². The summed E-state index contributed by atoms with van der Waals surface area (Å²) in [6.45, 7) is 4.10. The number of aryl methyl sites for hydroxylation is 2. The molecule has 1 aromatic heterocycles. The van der Waals surface area contributed by atoms with E-state index >= 15 is 0 Å². The molecule has 0 aliphatic carbocycles. The Labute approximate surface area is 115 Å². The number of thiazole rings is 1. The molecule has 19 heavy (non-hydrogen) atoms. The number of carbonyl (C=O) groups excluding carboxylic acids is 1. The molecule has 5 N–H and O–H groups in total. The lowest BCUT2D eigenvalue weighted by Gasteiger charge is -2.07. The topological polar surface area (TPSA) is 94.0 Å². The number of primary amides is 1. The highest BCUT2D eigenvalue weighted by atomic mass is 32.1. The summed E-state index contributed by atoms with van der Waals surface area (Å²) in [7, 11) is 0. The van der Waals surface area contributed by atoms with Gasteiger partial charge in [-0.25, -0.2) is 4.98 Å². The van der Waals surface area contributed by atoms with Crippen molar-refractivity contribution < 1.29 is 4.79 Å². The second-order valence-electron chi connectivity index (χ2n) is 4.17. The molecule has 0 saturated heterocycles. The molecule has 0 bridgehead atoms. The zero-order chi connectivity index (χ0) is 14.0. The number of aromatic nitrogens is 1. The summed E-state index contributed by atoms with van der Waals surface area (Å²) in [6, 6.07) is 4.90. The van der Waals surface area contributed by atoms with E-state index in [-0.39, 0.29) is 0 Å². The van der Waals surface area contributed by atoms with Gasteiger partial charge in [0, 0.05) is 10.4 Å². The Morgan fingerprint density at radius 3 is 2.79 bits per heavy atom. The summed E-state index contributed by atoms with van der Waals surface area (Å²) in [6.07, 6.45) is 0.890. The highest BCUT2D eigenvalue weighted by molar-refractivity contribution is 7.15. The Morgan fingerprint density at radius 2 is 2.21 bits per heavy atom. The zero-order valence-corrected chi connectivity index (χ0v) is 11.7. The van der Waals surface area contributed by atoms with Gasteiger partial charge < -0.3 is 16.8 Å². The molecule has 0 aliphatic heterocycles. The fourth-order valence-electron chi connectivity index (χ4n) is 1.74. The smallest absolute Gasteiger partial charge is 0.248 e. The van der Waals surface area contributed by atoms with E-state index in [1.165, 1.54) is 4.88 Å². The van der Waals surface area contributed by atoms with Gasteiger partial charge in [-0.2, -0.15) is 0 Å². The number of nitrogens with two attached hydrogens (primary N) is 2. The molecular formula is C13H16N4OS. The molecule has 1 amide bonds. The summed E-state index contributed by atoms with van der Waals surface area (Å²) in [5.41, 5.74) is 13.8. The number of hydrogen-bond acceptors (Lipinski definition) is 5. The van der Waals surface area contributed by atoms with Crippen LogP contribution in [0, 0.1) is 6.92 Å². The number of rotatable bonds is 4. The quantitative estimate of drug-likeness (QED) is 0.747. The van der Waals surface area contributed by atoms with Crippen LogP contribution in [0.1, 0.15) is 27.9 Å². The summed E-state index contributed by atoms with van der Waals surface area (Å²) < 4.78 is 0. The Bertz CT molecular complexity index is 621. The van der Waals surface area contributed by atoms with Crippen molar-refractivity contribution in [3.05, 3.63) is 34.3 Å². The van der Waals surface area contributed by atoms with Gasteiger partial charge in [-0.05, 0) is 31.5 Å². The maximum Gasteiger partial charge on any atom is 0.248 e. The van der Waals surface area contributed by atoms with Crippen LogP contribution in [0.3, 0.4) is 0 Å². The molecule has 1 heterocycles. The number of nitrogens with zero attached hydrogens (tertiary/aromatic N) is 1. The van der Waals surface area contributed by atoms with Gasteiger partial charge in [0.1, 0.15) is 0 Å². The summed E-state index contributed by atoms with van der Waals surface area (Å²) in [5.74, 6) is -0.479. The fourth-order valence-corrected chi connectivity index (χ4v) is 2.66. The third-order valence-corrected chi connectivity index (χ3v) is 3.74. The van der Waals surface area contributed by atoms with Crippen LogP contribution in [0.25, 0.3) is 0 Å². The third-order valence-electron chi connectivity index (χ3n) is 2.81. The molecule has 6 heteroatoms. The van der Waals surface area contributed by atoms with Gasteiger partial charge >= 0.3 is 0 Å². The molecular weight excluding hydrogens is 260 g/mol. The summed E-state index contributed by atoms with van der Waals surface area (Å²) >= 11 is 1.56. The van der Waals surface area contributed by atoms with Crippen LogP contribution in [0.4, 0.5) is 16.5 Å². The van der Waals surface area contributed by atoms with E-state index in [1.807, 2.05) is 6.92 Å². The summed E-state index contributed by atoms with van der Waals surface area (Å²) in [4.78, 5) is 16.8. The van der Waals surface area contributed by atoms with E-state index in [4.69, 9.17) is 11.5 Å². The molecule has 0 saturated carbocycles. The van der Waals surface area contributed by atoms with Gasteiger partial charge in [0.15, 0.2) is 5.13 Å². The number of carbonyl (C=O) groups is 1. The molecule has 100 valence electrons. The van der Waals surface area contributed by atoms with Crippen LogP contribution >= 0.6 is 11.3 Å². The van der Waals surface area contributed by atoms with Crippen molar-refractivity contribution in [1.29, 1.82) is 0 Å². The molecule has 0 fully saturated rings. The minimum absolute atomic E-state index is 0.417. The van der Waals surface area contributed by atoms with Crippen LogP contribution < -0.4 is 16.8 Å². The van der Waals surface area contributed by atoms with Crippen LogP contribution in [-0.2, 0) is 6.42 Å². The Balaban J connectivity index is 2.31. The van der Waals surface area contributed by atoms with Gasteiger partial charge in [-0.15, -0.1) is 11.3 Å². The van der Waals surface area contributed by atoms with Crippen LogP contribution in [0.15, 0.2) is 18.2 Å². The lowest BCUT2D eigenvalue weighted by molar-refractivity contribution is 0.100. The number of nitrogen functional groups attached to an aromatic ring is 1. The lowest BCUT2D eigenvalue weighted by atomic mass is 10.1. The normalized spacial score (nSPS) is 10.4. The predicted octanol–water partition coefficient (Wildman–Crippen LogP) is 2.44. The van der Waals surface area contributed by atoms with Crippen molar-refractivity contribution in [2.24, 2.45) is 5.73 Å². The average Bonchev–Trinajstić information content (AvgIpc) is 2.72. The van der Waals surface area contributed by atoms with E-state index in [2.05, 4.69) is 17.2 Å². The van der Waals surface area contributed by atoms with E-state index in [1.54, 1.807) is 29.5 Å². The van der Waals surface area contributed by atoms with Gasteiger partial charge in [-0.3, -0.25) is 4.79 Å². The van der Waals surface area contributed by atoms with Crippen LogP contribution in [0.5, 0.6) is 0 Å². The van der Waals surface area contributed by atoms with E-state index in [0.717, 1.165) is 17.2 Å². The largest absolute Gasteiger partial charge is 0.397 e. The Morgan fingerprint density at radius 1 is 1.47 bits per heavy atom.